The average Bonchev–Trinajstić information content (AvgIpc) is 0.852. The van der Waals surface area contributed by atoms with Crippen LogP contribution < -0.4 is 30.3 Å². The molecule has 2 aliphatic rings. The van der Waals surface area contributed by atoms with E-state index in [2.05, 4.69) is 34.5 Å². The third-order valence-corrected chi connectivity index (χ3v) is 18.6. The van der Waals surface area contributed by atoms with Crippen molar-refractivity contribution in [2.45, 2.75) is 185 Å². The highest BCUT2D eigenvalue weighted by Crippen LogP contribution is 2.48. The van der Waals surface area contributed by atoms with Gasteiger partial charge >= 0.3 is 0 Å². The van der Waals surface area contributed by atoms with Crippen molar-refractivity contribution in [1.82, 2.24) is 4.72 Å². The molecule has 19 heteroatoms. The van der Waals surface area contributed by atoms with Crippen molar-refractivity contribution in [2.24, 2.45) is 27.7 Å². The molecule has 0 saturated heterocycles. The van der Waals surface area contributed by atoms with Crippen LogP contribution in [0.4, 0.5) is 34.1 Å². The highest BCUT2D eigenvalue weighted by atomic mass is 32.2. The Morgan fingerprint density at radius 2 is 1.24 bits per heavy atom. The zero-order valence-corrected chi connectivity index (χ0v) is 54.6. The van der Waals surface area contributed by atoms with E-state index in [1.807, 2.05) is 109 Å². The summed E-state index contributed by atoms with van der Waals surface area (Å²) in [6, 6.07) is 15.9. The van der Waals surface area contributed by atoms with Crippen molar-refractivity contribution in [2.75, 3.05) is 33.3 Å². The maximum Gasteiger partial charge on any atom is 0.295 e. The Balaban J connectivity index is 1.82. The van der Waals surface area contributed by atoms with Crippen molar-refractivity contribution >= 4 is 88.3 Å². The Hall–Kier alpha value is -5.96. The lowest BCUT2D eigenvalue weighted by molar-refractivity contribution is -0.118. The molecule has 0 aromatic heterocycles. The van der Waals surface area contributed by atoms with Crippen LogP contribution in [0.2, 0.25) is 0 Å². The Labute approximate surface area is 502 Å². The third kappa shape index (κ3) is 16.5. The molecule has 1 aliphatic carbocycles. The van der Waals surface area contributed by atoms with Crippen LogP contribution in [0.1, 0.15) is 167 Å². The maximum atomic E-state index is 15.3. The number of unbranched alkanes of at least 4 members (excludes halogenated alkanes) is 2. The van der Waals surface area contributed by atoms with Gasteiger partial charge in [0, 0.05) is 77.2 Å². The van der Waals surface area contributed by atoms with E-state index in [1.165, 1.54) is 34.6 Å². The number of fused-ring (bicyclic) bond motifs is 2. The molecule has 4 aromatic rings. The summed E-state index contributed by atoms with van der Waals surface area (Å²) in [5.74, 6) is -0.300. The van der Waals surface area contributed by atoms with Gasteiger partial charge in [-0.15, -0.1) is 0 Å². The summed E-state index contributed by atoms with van der Waals surface area (Å²) < 4.78 is 105. The second-order valence-electron chi connectivity index (χ2n) is 25.2. The molecule has 16 nitrogen and oxygen atoms in total. The molecule has 4 aromatic carbocycles. The van der Waals surface area contributed by atoms with Crippen LogP contribution in [0.3, 0.4) is 0 Å². The second-order valence-corrected chi connectivity index (χ2v) is 29.2. The predicted octanol–water partition coefficient (Wildman–Crippen LogP) is 15.7. The van der Waals surface area contributed by atoms with Gasteiger partial charge in [-0.3, -0.25) is 23.0 Å². The van der Waals surface area contributed by atoms with Gasteiger partial charge in [-0.1, -0.05) is 138 Å². The minimum atomic E-state index is -4.98. The predicted molar refractivity (Wildman–Crippen MR) is 343 cm³/mol. The molecule has 1 heterocycles. The fourth-order valence-electron chi connectivity index (χ4n) is 11.1. The van der Waals surface area contributed by atoms with E-state index < -0.39 is 36.3 Å². The standard InChI is InChI=1S/C65H90N6O10S3/c1-17-21-25-45(19-3)37-66-83(76,77)56-32-49-54(34-51(56)68-61-40(6)30-42(8)63(44(61)10)70-58(73)36-65(14,15)16)81-53-33-50(67-60-39(5)29-41(7)62(43(60)9)69-57(72)35-64(11,12)13)52(71(82(74)75)38-46(20-4)26-22-18-2)31-48(53)59(49)47-27-23-24-28-55(47)84(78,79)80/h23-24,27-34,45-46,66-67H,17-22,25-26,35-38H2,1-16H3,(H,69,72)(H,70,73)(H,74,75)(H,78,79,80). The fraction of sp³-hybridized carbons (Fsp3) is 0.492. The first-order valence-corrected chi connectivity index (χ1v) is 33.4. The van der Waals surface area contributed by atoms with Crippen LogP contribution in [0.5, 0.6) is 0 Å². The van der Waals surface area contributed by atoms with Crippen LogP contribution >= 0.6 is 0 Å². The first kappa shape index (κ1) is 67.2. The maximum absolute atomic E-state index is 15.3. The summed E-state index contributed by atoms with van der Waals surface area (Å²) in [5.41, 5.74) is 6.95. The highest BCUT2D eigenvalue weighted by Gasteiger charge is 2.31. The number of hydrogen-bond donors (Lipinski definition) is 6. The molecule has 1 aliphatic heterocycles. The molecule has 3 atom stereocenters. The minimum absolute atomic E-state index is 0.00292. The number of rotatable bonds is 25. The van der Waals surface area contributed by atoms with E-state index >= 15 is 8.42 Å². The summed E-state index contributed by atoms with van der Waals surface area (Å²) in [7, 11) is -9.45. The number of carbonyl (C=O) groups is 2. The lowest BCUT2D eigenvalue weighted by atomic mass is 9.91. The van der Waals surface area contributed by atoms with Gasteiger partial charge in [-0.05, 0) is 129 Å². The van der Waals surface area contributed by atoms with Crippen LogP contribution in [-0.4, -0.2) is 55.1 Å². The number of carbonyl (C=O) groups excluding carboxylic acids is 2. The van der Waals surface area contributed by atoms with E-state index in [1.54, 1.807) is 18.2 Å². The largest absolute Gasteiger partial charge is 0.456 e. The SMILES string of the molecule is CCCCC(CC)CNS(=O)(=O)c1cc2c(-c3ccccc3S(=O)(=O)O)c3cc(N(CC(CC)CCCC)S(=O)O)c(Nc4c(C)cc(C)c(NC(=O)CC(C)(C)C)c4C)cc3oc-2cc1=Nc1c(C)cc(C)c(NC(=O)CC(C)(C)C)c1C. The van der Waals surface area contributed by atoms with Crippen LogP contribution in [-0.2, 0) is 41.0 Å². The zero-order valence-electron chi connectivity index (χ0n) is 52.2. The molecule has 0 bridgehead atoms. The van der Waals surface area contributed by atoms with Crippen molar-refractivity contribution in [3.8, 4) is 22.5 Å². The number of sulfonamides is 1. The number of anilines is 5. The van der Waals surface area contributed by atoms with Crippen LogP contribution in [0.25, 0.3) is 33.4 Å². The molecule has 0 saturated carbocycles. The van der Waals surface area contributed by atoms with E-state index in [4.69, 9.17) is 9.41 Å². The van der Waals surface area contributed by atoms with Gasteiger partial charge in [-0.25, -0.2) is 22.3 Å². The molecule has 0 radical (unpaired) electrons. The first-order chi connectivity index (χ1) is 39.2. The van der Waals surface area contributed by atoms with Gasteiger partial charge in [0.25, 0.3) is 21.4 Å². The summed E-state index contributed by atoms with van der Waals surface area (Å²) in [6.45, 7) is 31.7. The van der Waals surface area contributed by atoms with Gasteiger partial charge in [-0.2, -0.15) is 8.42 Å². The van der Waals surface area contributed by atoms with Gasteiger partial charge in [0.15, 0.2) is 0 Å². The van der Waals surface area contributed by atoms with Gasteiger partial charge in [0.1, 0.15) is 21.1 Å². The number of nitrogens with one attached hydrogen (secondary N) is 4. The summed E-state index contributed by atoms with van der Waals surface area (Å²) in [6.07, 6.45) is 7.11. The second kappa shape index (κ2) is 27.6. The van der Waals surface area contributed by atoms with Gasteiger partial charge in [0.05, 0.1) is 22.4 Å². The molecular formula is C65H90N6O10S3. The lowest BCUT2D eigenvalue weighted by Gasteiger charge is -2.29. The van der Waals surface area contributed by atoms with E-state index in [-0.39, 0.29) is 110 Å². The van der Waals surface area contributed by atoms with Gasteiger partial charge < -0.3 is 20.4 Å². The van der Waals surface area contributed by atoms with Crippen LogP contribution in [0.15, 0.2) is 79.9 Å². The summed E-state index contributed by atoms with van der Waals surface area (Å²) in [5, 5.41) is 10.0. The first-order valence-electron chi connectivity index (χ1n) is 29.4. The fourth-order valence-corrected chi connectivity index (χ4v) is 13.7. The molecule has 0 spiro atoms. The minimum Gasteiger partial charge on any atom is -0.456 e. The lowest BCUT2D eigenvalue weighted by Crippen LogP contribution is -2.32. The average molecular weight is 1210 g/mol. The summed E-state index contributed by atoms with van der Waals surface area (Å²) in [4.78, 5) is 31.4. The smallest absolute Gasteiger partial charge is 0.295 e. The molecule has 2 amide bonds. The number of hydrogen-bond acceptors (Lipinski definition) is 10. The molecule has 84 heavy (non-hydrogen) atoms. The monoisotopic (exact) mass is 1210 g/mol. The van der Waals surface area contributed by atoms with E-state index in [0.29, 0.717) is 51.5 Å². The van der Waals surface area contributed by atoms with E-state index in [9.17, 15) is 31.3 Å². The van der Waals surface area contributed by atoms with Crippen molar-refractivity contribution < 1.29 is 44.2 Å². The molecule has 6 N–H and O–H groups in total. The number of aryl methyl sites for hydroxylation is 4. The van der Waals surface area contributed by atoms with Gasteiger partial charge in [0.2, 0.25) is 21.8 Å². The quantitative estimate of drug-likeness (QED) is 0.0179. The Bertz CT molecular complexity index is 3710. The number of nitrogens with zero attached hydrogens (tertiary/aromatic N) is 2. The number of benzene rings is 5. The summed E-state index contributed by atoms with van der Waals surface area (Å²) >= 11 is -2.64. The molecule has 6 rings (SSSR count). The van der Waals surface area contributed by atoms with E-state index in [0.717, 1.165) is 61.6 Å². The topological polar surface area (TPSA) is 237 Å². The highest BCUT2D eigenvalue weighted by molar-refractivity contribution is 7.89. The normalized spacial score (nSPS) is 13.8. The van der Waals surface area contributed by atoms with Crippen molar-refractivity contribution in [3.63, 3.8) is 0 Å². The number of amides is 2. The van der Waals surface area contributed by atoms with Crippen LogP contribution in [0, 0.1) is 64.2 Å². The Morgan fingerprint density at radius 3 is 1.79 bits per heavy atom. The molecule has 3 unspecified atom stereocenters. The molecule has 458 valence electrons. The Morgan fingerprint density at radius 1 is 0.690 bits per heavy atom. The van der Waals surface area contributed by atoms with Crippen molar-refractivity contribution in [3.05, 3.63) is 99.4 Å². The Kier molecular flexibility index (Phi) is 22.1. The molecular weight excluding hydrogens is 1120 g/mol. The van der Waals surface area contributed by atoms with Crippen molar-refractivity contribution in [1.29, 1.82) is 0 Å². The molecule has 0 fully saturated rings. The third-order valence-electron chi connectivity index (χ3n) is 15.5. The zero-order chi connectivity index (χ0) is 62.4.